The summed E-state index contributed by atoms with van der Waals surface area (Å²) in [6.45, 7) is 1.85. The summed E-state index contributed by atoms with van der Waals surface area (Å²) in [6.07, 6.45) is 2.64. The third-order valence-electron chi connectivity index (χ3n) is 2.92. The SMILES string of the molecule is COc1ccccc1-c1ccc(/C=C/C(=O)O)c(C)n1. The van der Waals surface area contributed by atoms with Gasteiger partial charge in [-0.3, -0.25) is 4.98 Å². The Morgan fingerprint density at radius 3 is 2.65 bits per heavy atom. The molecule has 0 aliphatic carbocycles. The molecule has 2 rings (SSSR count). The third-order valence-corrected chi connectivity index (χ3v) is 2.92. The van der Waals surface area contributed by atoms with Crippen LogP contribution in [0.15, 0.2) is 42.5 Å². The van der Waals surface area contributed by atoms with E-state index in [1.54, 1.807) is 7.11 Å². The molecule has 0 radical (unpaired) electrons. The fourth-order valence-corrected chi connectivity index (χ4v) is 1.92. The summed E-state index contributed by atoms with van der Waals surface area (Å²) in [6, 6.07) is 11.3. The van der Waals surface area contributed by atoms with Crippen molar-refractivity contribution in [3.05, 3.63) is 53.7 Å². The Bertz CT molecular complexity index is 663. The maximum Gasteiger partial charge on any atom is 0.328 e. The van der Waals surface area contributed by atoms with Gasteiger partial charge in [0.05, 0.1) is 12.8 Å². The van der Waals surface area contributed by atoms with Gasteiger partial charge < -0.3 is 9.84 Å². The Kier molecular flexibility index (Phi) is 4.15. The molecule has 0 unspecified atom stereocenters. The van der Waals surface area contributed by atoms with Crippen LogP contribution in [0.25, 0.3) is 17.3 Å². The quantitative estimate of drug-likeness (QED) is 0.866. The maximum atomic E-state index is 10.5. The zero-order valence-electron chi connectivity index (χ0n) is 11.3. The van der Waals surface area contributed by atoms with Crippen molar-refractivity contribution in [1.82, 2.24) is 4.98 Å². The number of ether oxygens (including phenoxy) is 1. The number of rotatable bonds is 4. The number of para-hydroxylation sites is 1. The minimum Gasteiger partial charge on any atom is -0.496 e. The van der Waals surface area contributed by atoms with E-state index in [0.717, 1.165) is 34.3 Å². The van der Waals surface area contributed by atoms with Crippen molar-refractivity contribution in [1.29, 1.82) is 0 Å². The van der Waals surface area contributed by atoms with Crippen molar-refractivity contribution in [2.75, 3.05) is 7.11 Å². The molecule has 0 bridgehead atoms. The smallest absolute Gasteiger partial charge is 0.328 e. The summed E-state index contributed by atoms with van der Waals surface area (Å²) in [5.41, 5.74) is 3.26. The van der Waals surface area contributed by atoms with Crippen molar-refractivity contribution in [2.24, 2.45) is 0 Å². The van der Waals surface area contributed by atoms with E-state index in [9.17, 15) is 4.79 Å². The number of carboxylic acid groups (broad SMARTS) is 1. The van der Waals surface area contributed by atoms with Gasteiger partial charge in [0.1, 0.15) is 5.75 Å². The second-order valence-corrected chi connectivity index (χ2v) is 4.24. The number of aromatic nitrogens is 1. The molecule has 0 aliphatic heterocycles. The maximum absolute atomic E-state index is 10.5. The summed E-state index contributed by atoms with van der Waals surface area (Å²) in [5.74, 6) is -0.216. The lowest BCUT2D eigenvalue weighted by Crippen LogP contribution is -1.94. The molecular weight excluding hydrogens is 254 g/mol. The molecule has 0 saturated heterocycles. The Morgan fingerprint density at radius 2 is 2.00 bits per heavy atom. The fourth-order valence-electron chi connectivity index (χ4n) is 1.92. The standard InChI is InChI=1S/C16H15NO3/c1-11-12(8-10-16(18)19)7-9-14(17-11)13-5-3-4-6-15(13)20-2/h3-10H,1-2H3,(H,18,19)/b10-8+. The molecule has 0 fully saturated rings. The number of aryl methyl sites for hydroxylation is 1. The first-order valence-corrected chi connectivity index (χ1v) is 6.14. The van der Waals surface area contributed by atoms with Gasteiger partial charge in [0, 0.05) is 17.3 Å². The molecular formula is C16H15NO3. The van der Waals surface area contributed by atoms with Gasteiger partial charge in [0.25, 0.3) is 0 Å². The van der Waals surface area contributed by atoms with E-state index in [4.69, 9.17) is 9.84 Å². The van der Waals surface area contributed by atoms with Crippen molar-refractivity contribution in [2.45, 2.75) is 6.92 Å². The molecule has 1 heterocycles. The highest BCUT2D eigenvalue weighted by Crippen LogP contribution is 2.28. The zero-order valence-corrected chi connectivity index (χ0v) is 11.3. The van der Waals surface area contributed by atoms with E-state index in [1.165, 1.54) is 6.08 Å². The number of carboxylic acids is 1. The van der Waals surface area contributed by atoms with Gasteiger partial charge in [0.15, 0.2) is 0 Å². The van der Waals surface area contributed by atoms with Crippen LogP contribution in [-0.2, 0) is 4.79 Å². The van der Waals surface area contributed by atoms with E-state index in [-0.39, 0.29) is 0 Å². The van der Waals surface area contributed by atoms with Gasteiger partial charge >= 0.3 is 5.97 Å². The second-order valence-electron chi connectivity index (χ2n) is 4.24. The largest absolute Gasteiger partial charge is 0.496 e. The van der Waals surface area contributed by atoms with Crippen LogP contribution < -0.4 is 4.74 Å². The second kappa shape index (κ2) is 6.02. The first kappa shape index (κ1) is 13.8. The van der Waals surface area contributed by atoms with Gasteiger partial charge in [-0.05, 0) is 36.8 Å². The average molecular weight is 269 g/mol. The molecule has 2 aromatic rings. The van der Waals surface area contributed by atoms with Crippen LogP contribution in [0.1, 0.15) is 11.3 Å². The molecule has 0 saturated carbocycles. The molecule has 0 aliphatic rings. The molecule has 1 aromatic heterocycles. The van der Waals surface area contributed by atoms with E-state index in [0.29, 0.717) is 0 Å². The highest BCUT2D eigenvalue weighted by atomic mass is 16.5. The van der Waals surface area contributed by atoms with Gasteiger partial charge in [-0.25, -0.2) is 4.79 Å². The van der Waals surface area contributed by atoms with Gasteiger partial charge in [-0.1, -0.05) is 18.2 Å². The predicted octanol–water partition coefficient (Wildman–Crippen LogP) is 3.16. The summed E-state index contributed by atoms with van der Waals surface area (Å²) < 4.78 is 5.32. The molecule has 1 aromatic carbocycles. The van der Waals surface area contributed by atoms with Crippen LogP contribution in [0.5, 0.6) is 5.75 Å². The molecule has 4 heteroatoms. The third kappa shape index (κ3) is 3.03. The van der Waals surface area contributed by atoms with Gasteiger partial charge in [-0.15, -0.1) is 0 Å². The first-order valence-electron chi connectivity index (χ1n) is 6.14. The summed E-state index contributed by atoms with van der Waals surface area (Å²) in [4.78, 5) is 15.0. The monoisotopic (exact) mass is 269 g/mol. The highest BCUT2D eigenvalue weighted by molar-refractivity contribution is 5.85. The van der Waals surface area contributed by atoms with E-state index in [1.807, 2.05) is 43.3 Å². The summed E-state index contributed by atoms with van der Waals surface area (Å²) >= 11 is 0. The summed E-state index contributed by atoms with van der Waals surface area (Å²) in [7, 11) is 1.62. The number of benzene rings is 1. The van der Waals surface area contributed by atoms with Crippen LogP contribution in [0, 0.1) is 6.92 Å². The Morgan fingerprint density at radius 1 is 1.25 bits per heavy atom. The number of aliphatic carboxylic acids is 1. The minimum absolute atomic E-state index is 0.758. The van der Waals surface area contributed by atoms with Crippen molar-refractivity contribution >= 4 is 12.0 Å². The molecule has 102 valence electrons. The lowest BCUT2D eigenvalue weighted by Gasteiger charge is -2.09. The van der Waals surface area contributed by atoms with Crippen LogP contribution in [-0.4, -0.2) is 23.2 Å². The first-order chi connectivity index (χ1) is 9.61. The van der Waals surface area contributed by atoms with E-state index >= 15 is 0 Å². The fraction of sp³-hybridized carbons (Fsp3) is 0.125. The Balaban J connectivity index is 2.40. The molecule has 4 nitrogen and oxygen atoms in total. The number of methoxy groups -OCH3 is 1. The van der Waals surface area contributed by atoms with Crippen molar-refractivity contribution < 1.29 is 14.6 Å². The molecule has 1 N–H and O–H groups in total. The van der Waals surface area contributed by atoms with E-state index in [2.05, 4.69) is 4.98 Å². The number of hydrogen-bond acceptors (Lipinski definition) is 3. The zero-order chi connectivity index (χ0) is 14.5. The Hall–Kier alpha value is -2.62. The number of pyridine rings is 1. The average Bonchev–Trinajstić information content (AvgIpc) is 2.45. The molecule has 0 atom stereocenters. The lowest BCUT2D eigenvalue weighted by atomic mass is 10.1. The topological polar surface area (TPSA) is 59.4 Å². The van der Waals surface area contributed by atoms with Crippen LogP contribution in [0.2, 0.25) is 0 Å². The van der Waals surface area contributed by atoms with Crippen molar-refractivity contribution in [3.63, 3.8) is 0 Å². The normalized spacial score (nSPS) is 10.7. The molecule has 0 amide bonds. The molecule has 0 spiro atoms. The number of hydrogen-bond donors (Lipinski definition) is 1. The number of nitrogens with zero attached hydrogens (tertiary/aromatic N) is 1. The Labute approximate surface area is 117 Å². The van der Waals surface area contributed by atoms with Gasteiger partial charge in [-0.2, -0.15) is 0 Å². The minimum atomic E-state index is -0.974. The highest BCUT2D eigenvalue weighted by Gasteiger charge is 2.07. The number of carbonyl (C=O) groups is 1. The van der Waals surface area contributed by atoms with E-state index < -0.39 is 5.97 Å². The van der Waals surface area contributed by atoms with Crippen LogP contribution in [0.4, 0.5) is 0 Å². The predicted molar refractivity (Wildman–Crippen MR) is 77.6 cm³/mol. The molecule has 20 heavy (non-hydrogen) atoms. The lowest BCUT2D eigenvalue weighted by molar-refractivity contribution is -0.131. The van der Waals surface area contributed by atoms with Crippen molar-refractivity contribution in [3.8, 4) is 17.0 Å². The van der Waals surface area contributed by atoms with Crippen LogP contribution in [0.3, 0.4) is 0 Å². The summed E-state index contributed by atoms with van der Waals surface area (Å²) in [5, 5.41) is 8.64. The van der Waals surface area contributed by atoms with Crippen LogP contribution >= 0.6 is 0 Å². The van der Waals surface area contributed by atoms with Gasteiger partial charge in [0.2, 0.25) is 0 Å².